The van der Waals surface area contributed by atoms with Crippen molar-refractivity contribution in [3.8, 4) is 0 Å². The topological polar surface area (TPSA) is 47.2 Å². The number of aromatic nitrogens is 2. The van der Waals surface area contributed by atoms with E-state index in [-0.39, 0.29) is 5.78 Å². The summed E-state index contributed by atoms with van der Waals surface area (Å²) in [5.41, 5.74) is 2.64. The zero-order chi connectivity index (χ0) is 11.5. The maximum absolute atomic E-state index is 10.9. The molecule has 0 atom stereocenters. The molecule has 0 radical (unpaired) electrons. The molecule has 82 valence electrons. The third kappa shape index (κ3) is 2.16. The van der Waals surface area contributed by atoms with Gasteiger partial charge in [0, 0.05) is 12.1 Å². The minimum absolute atomic E-state index is 0.116. The Bertz CT molecular complexity index is 554. The molecule has 0 saturated heterocycles. The van der Waals surface area contributed by atoms with Crippen molar-refractivity contribution in [2.75, 3.05) is 0 Å². The van der Waals surface area contributed by atoms with Crippen molar-refractivity contribution in [3.63, 3.8) is 0 Å². The molecule has 0 amide bonds. The van der Waals surface area contributed by atoms with E-state index in [1.165, 1.54) is 0 Å². The summed E-state index contributed by atoms with van der Waals surface area (Å²) in [7, 11) is 0. The Morgan fingerprint density at radius 1 is 1.38 bits per heavy atom. The molecule has 0 saturated carbocycles. The highest BCUT2D eigenvalue weighted by molar-refractivity contribution is 5.99. The van der Waals surface area contributed by atoms with Crippen LogP contribution in [0.3, 0.4) is 0 Å². The fourth-order valence-electron chi connectivity index (χ4n) is 1.61. The Morgan fingerprint density at radius 3 is 2.88 bits per heavy atom. The molecule has 4 nitrogen and oxygen atoms in total. The molecule has 0 fully saturated rings. The highest BCUT2D eigenvalue weighted by Gasteiger charge is 2.01. The minimum atomic E-state index is 0.116. The number of nitrogens with zero attached hydrogens (tertiary/aromatic N) is 3. The van der Waals surface area contributed by atoms with Crippen molar-refractivity contribution < 1.29 is 4.79 Å². The summed E-state index contributed by atoms with van der Waals surface area (Å²) in [6.45, 7) is 3.40. The highest BCUT2D eigenvalue weighted by atomic mass is 16.1. The SMILES string of the molecule is CC(=O)C/C(C)=N/n1cnc2ccccc21. The fourth-order valence-corrected chi connectivity index (χ4v) is 1.61. The molecule has 2 rings (SSSR count). The van der Waals surface area contributed by atoms with Gasteiger partial charge in [0.15, 0.2) is 0 Å². The first-order chi connectivity index (χ1) is 7.66. The van der Waals surface area contributed by atoms with Gasteiger partial charge >= 0.3 is 0 Å². The molecular weight excluding hydrogens is 202 g/mol. The van der Waals surface area contributed by atoms with Crippen LogP contribution in [0, 0.1) is 0 Å². The molecule has 4 heteroatoms. The van der Waals surface area contributed by atoms with Crippen molar-refractivity contribution in [2.45, 2.75) is 20.3 Å². The number of Topliss-reactive ketones (excluding diaryl/α,β-unsaturated/α-hetero) is 1. The van der Waals surface area contributed by atoms with E-state index in [2.05, 4.69) is 10.1 Å². The van der Waals surface area contributed by atoms with E-state index < -0.39 is 0 Å². The maximum atomic E-state index is 10.9. The van der Waals surface area contributed by atoms with Crippen LogP contribution in [0.25, 0.3) is 11.0 Å². The van der Waals surface area contributed by atoms with Gasteiger partial charge in [0.2, 0.25) is 0 Å². The molecule has 1 aromatic heterocycles. The molecule has 1 heterocycles. The molecule has 0 aliphatic rings. The second-order valence-electron chi connectivity index (χ2n) is 3.79. The number of fused-ring (bicyclic) bond motifs is 1. The van der Waals surface area contributed by atoms with Gasteiger partial charge in [0.25, 0.3) is 0 Å². The first-order valence-corrected chi connectivity index (χ1v) is 5.13. The van der Waals surface area contributed by atoms with Gasteiger partial charge in [-0.15, -0.1) is 0 Å². The van der Waals surface area contributed by atoms with Crippen LogP contribution < -0.4 is 0 Å². The zero-order valence-corrected chi connectivity index (χ0v) is 9.34. The Balaban J connectivity index is 2.37. The molecule has 1 aromatic carbocycles. The lowest BCUT2D eigenvalue weighted by atomic mass is 10.2. The quantitative estimate of drug-likeness (QED) is 0.737. The van der Waals surface area contributed by atoms with Crippen molar-refractivity contribution in [2.24, 2.45) is 5.10 Å². The maximum Gasteiger partial charge on any atom is 0.135 e. The summed E-state index contributed by atoms with van der Waals surface area (Å²) in [5, 5.41) is 4.34. The number of hydrogen-bond donors (Lipinski definition) is 0. The summed E-state index contributed by atoms with van der Waals surface area (Å²) in [6, 6.07) is 7.76. The smallest absolute Gasteiger partial charge is 0.135 e. The van der Waals surface area contributed by atoms with Crippen LogP contribution >= 0.6 is 0 Å². The van der Waals surface area contributed by atoms with Crippen LogP contribution in [0.5, 0.6) is 0 Å². The molecule has 16 heavy (non-hydrogen) atoms. The van der Waals surface area contributed by atoms with E-state index in [9.17, 15) is 4.79 Å². The summed E-state index contributed by atoms with van der Waals surface area (Å²) >= 11 is 0. The van der Waals surface area contributed by atoms with Gasteiger partial charge in [0.1, 0.15) is 12.1 Å². The Labute approximate surface area is 93.6 Å². The van der Waals surface area contributed by atoms with E-state index >= 15 is 0 Å². The Morgan fingerprint density at radius 2 is 2.12 bits per heavy atom. The number of rotatable bonds is 3. The second-order valence-corrected chi connectivity index (χ2v) is 3.79. The summed E-state index contributed by atoms with van der Waals surface area (Å²) in [5.74, 6) is 0.116. The standard InChI is InChI=1S/C12H13N3O/c1-9(7-10(2)16)14-15-8-13-11-5-3-4-6-12(11)15/h3-6,8H,7H2,1-2H3/b14-9+. The average Bonchev–Trinajstić information content (AvgIpc) is 2.61. The largest absolute Gasteiger partial charge is 0.300 e. The zero-order valence-electron chi connectivity index (χ0n) is 9.34. The van der Waals surface area contributed by atoms with E-state index in [4.69, 9.17) is 0 Å². The van der Waals surface area contributed by atoms with Crippen LogP contribution in [0.4, 0.5) is 0 Å². The lowest BCUT2D eigenvalue weighted by Gasteiger charge is -1.99. The molecule has 0 N–H and O–H groups in total. The van der Waals surface area contributed by atoms with Gasteiger partial charge in [-0.3, -0.25) is 4.79 Å². The Hall–Kier alpha value is -1.97. The minimum Gasteiger partial charge on any atom is -0.300 e. The van der Waals surface area contributed by atoms with E-state index in [1.54, 1.807) is 17.9 Å². The van der Waals surface area contributed by atoms with Crippen LogP contribution in [0.2, 0.25) is 0 Å². The molecular formula is C12H13N3O. The number of carbonyl (C=O) groups excluding carboxylic acids is 1. The molecule has 0 unspecified atom stereocenters. The lowest BCUT2D eigenvalue weighted by Crippen LogP contribution is -2.02. The van der Waals surface area contributed by atoms with Gasteiger partial charge in [-0.2, -0.15) is 5.10 Å². The van der Waals surface area contributed by atoms with Gasteiger partial charge in [0.05, 0.1) is 11.0 Å². The Kier molecular flexibility index (Phi) is 2.81. The third-order valence-electron chi connectivity index (χ3n) is 2.22. The summed E-state index contributed by atoms with van der Waals surface area (Å²) in [4.78, 5) is 15.2. The summed E-state index contributed by atoms with van der Waals surface area (Å²) in [6.07, 6.45) is 2.04. The van der Waals surface area contributed by atoms with Crippen molar-refractivity contribution >= 4 is 22.5 Å². The van der Waals surface area contributed by atoms with Crippen LogP contribution in [-0.4, -0.2) is 21.2 Å². The number of carbonyl (C=O) groups is 1. The number of benzene rings is 1. The molecule has 0 aliphatic heterocycles. The van der Waals surface area contributed by atoms with Crippen LogP contribution in [0.15, 0.2) is 35.7 Å². The van der Waals surface area contributed by atoms with E-state index in [0.29, 0.717) is 6.42 Å². The molecule has 0 spiro atoms. The number of para-hydroxylation sites is 2. The number of ketones is 1. The summed E-state index contributed by atoms with van der Waals surface area (Å²) < 4.78 is 1.70. The van der Waals surface area contributed by atoms with Crippen molar-refractivity contribution in [3.05, 3.63) is 30.6 Å². The van der Waals surface area contributed by atoms with Crippen LogP contribution in [0.1, 0.15) is 20.3 Å². The molecule has 0 bridgehead atoms. The lowest BCUT2D eigenvalue weighted by molar-refractivity contribution is -0.115. The van der Waals surface area contributed by atoms with Gasteiger partial charge in [-0.1, -0.05) is 12.1 Å². The van der Waals surface area contributed by atoms with Crippen molar-refractivity contribution in [1.29, 1.82) is 0 Å². The third-order valence-corrected chi connectivity index (χ3v) is 2.22. The highest BCUT2D eigenvalue weighted by Crippen LogP contribution is 2.11. The first kappa shape index (κ1) is 10.5. The molecule has 0 aliphatic carbocycles. The monoisotopic (exact) mass is 215 g/mol. The fraction of sp³-hybridized carbons (Fsp3) is 0.250. The van der Waals surface area contributed by atoms with Gasteiger partial charge in [-0.25, -0.2) is 9.66 Å². The second kappa shape index (κ2) is 4.26. The number of imidazole rings is 1. The predicted octanol–water partition coefficient (Wildman–Crippen LogP) is 2.24. The van der Waals surface area contributed by atoms with Gasteiger partial charge < -0.3 is 0 Å². The number of hydrogen-bond acceptors (Lipinski definition) is 3. The van der Waals surface area contributed by atoms with E-state index in [0.717, 1.165) is 16.7 Å². The molecule has 2 aromatic rings. The average molecular weight is 215 g/mol. The van der Waals surface area contributed by atoms with Crippen molar-refractivity contribution in [1.82, 2.24) is 9.66 Å². The van der Waals surface area contributed by atoms with E-state index in [1.807, 2.05) is 31.2 Å². The first-order valence-electron chi connectivity index (χ1n) is 5.13. The van der Waals surface area contributed by atoms with Crippen LogP contribution in [-0.2, 0) is 4.79 Å². The van der Waals surface area contributed by atoms with Gasteiger partial charge in [-0.05, 0) is 26.0 Å². The predicted molar refractivity (Wildman–Crippen MR) is 63.5 cm³/mol. The normalized spacial score (nSPS) is 12.0.